The predicted octanol–water partition coefficient (Wildman–Crippen LogP) is 1.88. The molecule has 1 atom stereocenters. The van der Waals surface area contributed by atoms with Crippen LogP contribution in [0.3, 0.4) is 0 Å². The van der Waals surface area contributed by atoms with Gasteiger partial charge in [0.25, 0.3) is 5.91 Å². The predicted molar refractivity (Wildman–Crippen MR) is 71.9 cm³/mol. The van der Waals surface area contributed by atoms with Crippen LogP contribution in [-0.2, 0) is 4.74 Å². The zero-order valence-corrected chi connectivity index (χ0v) is 10.7. The van der Waals surface area contributed by atoms with Gasteiger partial charge in [0.1, 0.15) is 0 Å². The van der Waals surface area contributed by atoms with E-state index in [4.69, 9.17) is 4.74 Å². The molecule has 1 heterocycles. The third-order valence-corrected chi connectivity index (χ3v) is 3.30. The molecule has 0 aliphatic carbocycles. The van der Waals surface area contributed by atoms with E-state index in [-0.39, 0.29) is 5.91 Å². The van der Waals surface area contributed by atoms with Crippen LogP contribution < -0.4 is 10.6 Å². The van der Waals surface area contributed by atoms with E-state index in [0.29, 0.717) is 18.0 Å². The normalized spacial score (nSPS) is 18.6. The molecule has 1 saturated heterocycles. The highest BCUT2D eigenvalue weighted by molar-refractivity contribution is 5.99. The summed E-state index contributed by atoms with van der Waals surface area (Å²) < 4.78 is 5.31. The number of amides is 1. The van der Waals surface area contributed by atoms with Crippen LogP contribution in [0, 0.1) is 5.92 Å². The molecule has 1 unspecified atom stereocenters. The van der Waals surface area contributed by atoms with Gasteiger partial charge in [-0.3, -0.25) is 4.79 Å². The van der Waals surface area contributed by atoms with Gasteiger partial charge in [-0.1, -0.05) is 12.1 Å². The summed E-state index contributed by atoms with van der Waals surface area (Å²) in [6.45, 7) is 2.41. The molecular weight excluding hydrogens is 228 g/mol. The van der Waals surface area contributed by atoms with Gasteiger partial charge in [-0.2, -0.15) is 0 Å². The number of ether oxygens (including phenoxy) is 1. The highest BCUT2D eigenvalue weighted by Crippen LogP contribution is 2.16. The molecule has 0 spiro atoms. The Morgan fingerprint density at radius 2 is 2.28 bits per heavy atom. The zero-order valence-electron chi connectivity index (χ0n) is 10.7. The van der Waals surface area contributed by atoms with Crippen LogP contribution in [0.1, 0.15) is 23.2 Å². The van der Waals surface area contributed by atoms with Crippen molar-refractivity contribution in [3.05, 3.63) is 29.8 Å². The van der Waals surface area contributed by atoms with Gasteiger partial charge in [-0.05, 0) is 30.9 Å². The maximum Gasteiger partial charge on any atom is 0.253 e. The first-order chi connectivity index (χ1) is 8.81. The van der Waals surface area contributed by atoms with Gasteiger partial charge in [0, 0.05) is 32.5 Å². The molecule has 98 valence electrons. The molecule has 1 fully saturated rings. The fourth-order valence-electron chi connectivity index (χ4n) is 2.20. The lowest BCUT2D eigenvalue weighted by molar-refractivity contribution is 0.0951. The van der Waals surface area contributed by atoms with Crippen molar-refractivity contribution in [2.24, 2.45) is 5.92 Å². The highest BCUT2D eigenvalue weighted by Gasteiger charge is 2.16. The van der Waals surface area contributed by atoms with Gasteiger partial charge in [0.15, 0.2) is 0 Å². The van der Waals surface area contributed by atoms with Crippen LogP contribution in [0.15, 0.2) is 24.3 Å². The zero-order chi connectivity index (χ0) is 12.8. The summed E-state index contributed by atoms with van der Waals surface area (Å²) in [6.07, 6.45) is 2.11. The Kier molecular flexibility index (Phi) is 4.59. The quantitative estimate of drug-likeness (QED) is 0.836. The molecule has 18 heavy (non-hydrogen) atoms. The highest BCUT2D eigenvalue weighted by atomic mass is 16.5. The molecule has 4 heteroatoms. The molecule has 0 bridgehead atoms. The van der Waals surface area contributed by atoms with Gasteiger partial charge in [0.05, 0.1) is 5.56 Å². The Bertz CT molecular complexity index is 401. The molecular formula is C14H20N2O2. The summed E-state index contributed by atoms with van der Waals surface area (Å²) in [7, 11) is 1.82. The number of hydrogen-bond donors (Lipinski definition) is 2. The van der Waals surface area contributed by atoms with Crippen LogP contribution in [0.4, 0.5) is 5.69 Å². The third kappa shape index (κ3) is 3.23. The summed E-state index contributed by atoms with van der Waals surface area (Å²) in [4.78, 5) is 12.0. The summed E-state index contributed by atoms with van der Waals surface area (Å²) in [5.74, 6) is 0.587. The molecule has 0 radical (unpaired) electrons. The summed E-state index contributed by atoms with van der Waals surface area (Å²) in [5, 5.41) is 5.99. The lowest BCUT2D eigenvalue weighted by atomic mass is 10.1. The van der Waals surface area contributed by atoms with Crippen molar-refractivity contribution in [2.45, 2.75) is 12.8 Å². The Morgan fingerprint density at radius 1 is 1.44 bits per heavy atom. The molecule has 2 N–H and O–H groups in total. The lowest BCUT2D eigenvalue weighted by Gasteiger charge is -2.11. The van der Waals surface area contributed by atoms with Crippen molar-refractivity contribution < 1.29 is 9.53 Å². The maximum atomic E-state index is 12.0. The maximum absolute atomic E-state index is 12.0. The van der Waals surface area contributed by atoms with E-state index in [1.54, 1.807) is 0 Å². The topological polar surface area (TPSA) is 50.4 Å². The van der Waals surface area contributed by atoms with Crippen molar-refractivity contribution in [1.29, 1.82) is 0 Å². The van der Waals surface area contributed by atoms with Crippen LogP contribution in [0.25, 0.3) is 0 Å². The van der Waals surface area contributed by atoms with Crippen LogP contribution in [-0.4, -0.2) is 32.7 Å². The van der Waals surface area contributed by atoms with E-state index in [2.05, 4.69) is 10.6 Å². The third-order valence-electron chi connectivity index (χ3n) is 3.30. The smallest absolute Gasteiger partial charge is 0.253 e. The largest absolute Gasteiger partial charge is 0.387 e. The standard InChI is InChI=1S/C14H20N2O2/c1-15-13-5-3-2-4-12(13)14(17)16-8-6-11-7-9-18-10-11/h2-5,11,15H,6-10H2,1H3,(H,16,17). The molecule has 1 aromatic carbocycles. The lowest BCUT2D eigenvalue weighted by Crippen LogP contribution is -2.26. The van der Waals surface area contributed by atoms with Gasteiger partial charge in [-0.25, -0.2) is 0 Å². The van der Waals surface area contributed by atoms with E-state index >= 15 is 0 Å². The minimum Gasteiger partial charge on any atom is -0.387 e. The Hall–Kier alpha value is -1.55. The van der Waals surface area contributed by atoms with Crippen molar-refractivity contribution >= 4 is 11.6 Å². The molecule has 0 saturated carbocycles. The first kappa shape index (κ1) is 12.9. The fourth-order valence-corrected chi connectivity index (χ4v) is 2.20. The van der Waals surface area contributed by atoms with E-state index in [1.165, 1.54) is 0 Å². The van der Waals surface area contributed by atoms with E-state index in [9.17, 15) is 4.79 Å². The minimum atomic E-state index is -0.0149. The van der Waals surface area contributed by atoms with Crippen LogP contribution in [0.2, 0.25) is 0 Å². The second-order valence-corrected chi connectivity index (χ2v) is 4.57. The van der Waals surface area contributed by atoms with E-state index in [0.717, 1.165) is 31.7 Å². The van der Waals surface area contributed by atoms with Gasteiger partial charge < -0.3 is 15.4 Å². The summed E-state index contributed by atoms with van der Waals surface area (Å²) in [5.41, 5.74) is 1.56. The van der Waals surface area contributed by atoms with Gasteiger partial charge >= 0.3 is 0 Å². The van der Waals surface area contributed by atoms with Crippen LogP contribution >= 0.6 is 0 Å². The average molecular weight is 248 g/mol. The number of anilines is 1. The first-order valence-electron chi connectivity index (χ1n) is 6.44. The summed E-state index contributed by atoms with van der Waals surface area (Å²) in [6, 6.07) is 7.53. The van der Waals surface area contributed by atoms with Crippen molar-refractivity contribution in [2.75, 3.05) is 32.1 Å². The number of para-hydroxylation sites is 1. The Balaban J connectivity index is 1.83. The Morgan fingerprint density at radius 3 is 3.00 bits per heavy atom. The number of carbonyl (C=O) groups is 1. The van der Waals surface area contributed by atoms with Crippen molar-refractivity contribution in [1.82, 2.24) is 5.32 Å². The Labute approximate surface area is 108 Å². The second kappa shape index (κ2) is 6.40. The summed E-state index contributed by atoms with van der Waals surface area (Å²) >= 11 is 0. The van der Waals surface area contributed by atoms with Crippen LogP contribution in [0.5, 0.6) is 0 Å². The second-order valence-electron chi connectivity index (χ2n) is 4.57. The van der Waals surface area contributed by atoms with Crippen molar-refractivity contribution in [3.8, 4) is 0 Å². The van der Waals surface area contributed by atoms with Gasteiger partial charge in [0.2, 0.25) is 0 Å². The molecule has 1 aliphatic rings. The van der Waals surface area contributed by atoms with E-state index in [1.807, 2.05) is 31.3 Å². The SMILES string of the molecule is CNc1ccccc1C(=O)NCCC1CCOC1. The molecule has 1 amide bonds. The van der Waals surface area contributed by atoms with Gasteiger partial charge in [-0.15, -0.1) is 0 Å². The van der Waals surface area contributed by atoms with E-state index < -0.39 is 0 Å². The molecule has 2 rings (SSSR count). The number of hydrogen-bond acceptors (Lipinski definition) is 3. The van der Waals surface area contributed by atoms with Crippen molar-refractivity contribution in [3.63, 3.8) is 0 Å². The number of rotatable bonds is 5. The molecule has 0 aromatic heterocycles. The number of carbonyl (C=O) groups excluding carboxylic acids is 1. The molecule has 1 aliphatic heterocycles. The average Bonchev–Trinajstić information content (AvgIpc) is 2.91. The fraction of sp³-hybridized carbons (Fsp3) is 0.500. The monoisotopic (exact) mass is 248 g/mol. The minimum absolute atomic E-state index is 0.0149. The number of benzene rings is 1. The molecule has 4 nitrogen and oxygen atoms in total. The molecule has 1 aromatic rings. The number of nitrogens with one attached hydrogen (secondary N) is 2. The first-order valence-corrected chi connectivity index (χ1v) is 6.44.